The zero-order chi connectivity index (χ0) is 16.4. The maximum absolute atomic E-state index is 11.6. The smallest absolute Gasteiger partial charge is 0.319 e. The summed E-state index contributed by atoms with van der Waals surface area (Å²) in [6.07, 6.45) is 0. The molecule has 0 aromatic heterocycles. The van der Waals surface area contributed by atoms with Crippen molar-refractivity contribution >= 4 is 23.3 Å². The number of rotatable bonds is 3. The van der Waals surface area contributed by atoms with E-state index in [4.69, 9.17) is 21.1 Å². The highest BCUT2D eigenvalue weighted by molar-refractivity contribution is 6.30. The van der Waals surface area contributed by atoms with Crippen molar-refractivity contribution in [3.63, 3.8) is 0 Å². The molecule has 2 amide bonds. The first-order chi connectivity index (χ1) is 11.0. The van der Waals surface area contributed by atoms with Gasteiger partial charge in [-0.25, -0.2) is 4.79 Å². The fourth-order valence-corrected chi connectivity index (χ4v) is 2.52. The van der Waals surface area contributed by atoms with Crippen LogP contribution in [0.5, 0.6) is 11.5 Å². The quantitative estimate of drug-likeness (QED) is 0.888. The fourth-order valence-electron chi connectivity index (χ4n) is 2.40. The number of nitrogens with one attached hydrogen (secondary N) is 2. The molecule has 1 atom stereocenters. The van der Waals surface area contributed by atoms with Crippen LogP contribution < -0.4 is 20.1 Å². The second-order valence-corrected chi connectivity index (χ2v) is 5.74. The summed E-state index contributed by atoms with van der Waals surface area (Å²) in [6.45, 7) is 4.26. The van der Waals surface area contributed by atoms with E-state index in [2.05, 4.69) is 10.6 Å². The van der Waals surface area contributed by atoms with Crippen molar-refractivity contribution in [3.05, 3.63) is 53.1 Å². The number of fused-ring (bicyclic) bond motifs is 1. The van der Waals surface area contributed by atoms with Gasteiger partial charge >= 0.3 is 6.03 Å². The zero-order valence-electron chi connectivity index (χ0n) is 12.9. The van der Waals surface area contributed by atoms with Crippen LogP contribution in [-0.4, -0.2) is 12.6 Å². The molecule has 2 N–H and O–H groups in total. The summed E-state index contributed by atoms with van der Waals surface area (Å²) >= 11 is 5.92. The Balaban J connectivity index is 1.80. The molecule has 0 radical (unpaired) electrons. The van der Waals surface area contributed by atoms with Crippen LogP contribution in [-0.2, 0) is 5.79 Å². The Morgan fingerprint density at radius 3 is 2.52 bits per heavy atom. The molecule has 0 saturated carbocycles. The first-order valence-corrected chi connectivity index (χ1v) is 7.71. The molecule has 120 valence electrons. The summed E-state index contributed by atoms with van der Waals surface area (Å²) in [5.74, 6) is 0.290. The molecule has 5 nitrogen and oxygen atoms in total. The van der Waals surface area contributed by atoms with E-state index >= 15 is 0 Å². The topological polar surface area (TPSA) is 59.6 Å². The SMILES string of the molecule is CCNC(=O)Nc1ccc2c(c1)OC(C)(c1ccc(Cl)cc1)O2. The fraction of sp³-hybridized carbons (Fsp3) is 0.235. The van der Waals surface area contributed by atoms with E-state index in [9.17, 15) is 4.79 Å². The monoisotopic (exact) mass is 332 g/mol. The van der Waals surface area contributed by atoms with Crippen LogP contribution >= 0.6 is 11.6 Å². The maximum Gasteiger partial charge on any atom is 0.319 e. The molecule has 1 aliphatic rings. The van der Waals surface area contributed by atoms with Gasteiger partial charge in [0, 0.05) is 35.8 Å². The van der Waals surface area contributed by atoms with E-state index in [0.29, 0.717) is 28.8 Å². The average Bonchev–Trinajstić information content (AvgIpc) is 2.84. The van der Waals surface area contributed by atoms with E-state index in [-0.39, 0.29) is 6.03 Å². The zero-order valence-corrected chi connectivity index (χ0v) is 13.6. The molecule has 1 aliphatic heterocycles. The van der Waals surface area contributed by atoms with E-state index in [1.807, 2.05) is 26.0 Å². The Morgan fingerprint density at radius 2 is 1.83 bits per heavy atom. The first-order valence-electron chi connectivity index (χ1n) is 7.33. The molecule has 0 aliphatic carbocycles. The van der Waals surface area contributed by atoms with E-state index < -0.39 is 5.79 Å². The molecule has 2 aromatic rings. The predicted molar refractivity (Wildman–Crippen MR) is 89.2 cm³/mol. The van der Waals surface area contributed by atoms with Crippen molar-refractivity contribution in [2.45, 2.75) is 19.6 Å². The molecule has 0 fully saturated rings. The van der Waals surface area contributed by atoms with Crippen molar-refractivity contribution in [3.8, 4) is 11.5 Å². The molecule has 1 unspecified atom stereocenters. The molecule has 0 bridgehead atoms. The van der Waals surface area contributed by atoms with E-state index in [0.717, 1.165) is 5.56 Å². The van der Waals surface area contributed by atoms with Crippen molar-refractivity contribution in [2.24, 2.45) is 0 Å². The summed E-state index contributed by atoms with van der Waals surface area (Å²) in [4.78, 5) is 11.6. The van der Waals surface area contributed by atoms with Crippen LogP contribution in [0.25, 0.3) is 0 Å². The summed E-state index contributed by atoms with van der Waals surface area (Å²) in [7, 11) is 0. The molecule has 0 saturated heterocycles. The van der Waals surface area contributed by atoms with Gasteiger partial charge in [0.2, 0.25) is 0 Å². The standard InChI is InChI=1S/C17H17ClN2O3/c1-3-19-16(21)20-13-8-9-14-15(10-13)23-17(2,22-14)11-4-6-12(18)7-5-11/h4-10H,3H2,1-2H3,(H2,19,20,21). The number of hydrogen-bond acceptors (Lipinski definition) is 3. The number of urea groups is 1. The number of benzene rings is 2. The van der Waals surface area contributed by atoms with Gasteiger partial charge in [0.05, 0.1) is 0 Å². The number of ether oxygens (including phenoxy) is 2. The van der Waals surface area contributed by atoms with Gasteiger partial charge in [0.1, 0.15) is 0 Å². The first kappa shape index (κ1) is 15.5. The number of carbonyl (C=O) groups is 1. The molecule has 6 heteroatoms. The lowest BCUT2D eigenvalue weighted by Crippen LogP contribution is -2.31. The number of hydrogen-bond donors (Lipinski definition) is 2. The lowest BCUT2D eigenvalue weighted by molar-refractivity contribution is -0.0680. The molecule has 23 heavy (non-hydrogen) atoms. The average molecular weight is 333 g/mol. The van der Waals surface area contributed by atoms with Gasteiger partial charge < -0.3 is 20.1 Å². The molecular formula is C17H17ClN2O3. The van der Waals surface area contributed by atoms with Crippen LogP contribution in [0.3, 0.4) is 0 Å². The van der Waals surface area contributed by atoms with Gasteiger partial charge in [-0.3, -0.25) is 0 Å². The predicted octanol–water partition coefficient (Wildman–Crippen LogP) is 4.13. The Hall–Kier alpha value is -2.40. The third-order valence-corrected chi connectivity index (χ3v) is 3.77. The molecular weight excluding hydrogens is 316 g/mol. The van der Waals surface area contributed by atoms with Gasteiger partial charge in [-0.15, -0.1) is 0 Å². The second-order valence-electron chi connectivity index (χ2n) is 5.30. The van der Waals surface area contributed by atoms with Gasteiger partial charge in [0.15, 0.2) is 11.5 Å². The van der Waals surface area contributed by atoms with Crippen molar-refractivity contribution in [1.29, 1.82) is 0 Å². The molecule has 1 heterocycles. The highest BCUT2D eigenvalue weighted by Gasteiger charge is 2.38. The Labute approximate surface area is 139 Å². The summed E-state index contributed by atoms with van der Waals surface area (Å²) in [6, 6.07) is 12.3. The van der Waals surface area contributed by atoms with Crippen molar-refractivity contribution < 1.29 is 14.3 Å². The minimum Gasteiger partial charge on any atom is -0.445 e. The highest BCUT2D eigenvalue weighted by atomic mass is 35.5. The summed E-state index contributed by atoms with van der Waals surface area (Å²) < 4.78 is 11.9. The van der Waals surface area contributed by atoms with Crippen molar-refractivity contribution in [1.82, 2.24) is 5.32 Å². The Bertz CT molecular complexity index is 733. The van der Waals surface area contributed by atoms with E-state index in [1.165, 1.54) is 0 Å². The number of carbonyl (C=O) groups excluding carboxylic acids is 1. The molecule has 0 spiro atoms. The summed E-state index contributed by atoms with van der Waals surface area (Å²) in [5, 5.41) is 6.07. The highest BCUT2D eigenvalue weighted by Crippen LogP contribution is 2.45. The van der Waals surface area contributed by atoms with Crippen LogP contribution in [0.4, 0.5) is 10.5 Å². The third-order valence-electron chi connectivity index (χ3n) is 3.52. The minimum atomic E-state index is -0.919. The van der Waals surface area contributed by atoms with Gasteiger partial charge in [-0.05, 0) is 43.3 Å². The van der Waals surface area contributed by atoms with Crippen LogP contribution in [0.1, 0.15) is 19.4 Å². The van der Waals surface area contributed by atoms with Gasteiger partial charge in [-0.2, -0.15) is 0 Å². The maximum atomic E-state index is 11.6. The lowest BCUT2D eigenvalue weighted by atomic mass is 10.1. The minimum absolute atomic E-state index is 0.258. The summed E-state index contributed by atoms with van der Waals surface area (Å²) in [5.41, 5.74) is 1.50. The van der Waals surface area contributed by atoms with E-state index in [1.54, 1.807) is 30.3 Å². The van der Waals surface area contributed by atoms with Crippen molar-refractivity contribution in [2.75, 3.05) is 11.9 Å². The largest absolute Gasteiger partial charge is 0.445 e. The van der Waals surface area contributed by atoms with Gasteiger partial charge in [0.25, 0.3) is 5.79 Å². The normalized spacial score (nSPS) is 18.6. The lowest BCUT2D eigenvalue weighted by Gasteiger charge is -2.23. The number of halogens is 1. The van der Waals surface area contributed by atoms with Crippen LogP contribution in [0, 0.1) is 0 Å². The van der Waals surface area contributed by atoms with Gasteiger partial charge in [-0.1, -0.05) is 11.6 Å². The second kappa shape index (κ2) is 6.01. The Kier molecular flexibility index (Phi) is 4.05. The van der Waals surface area contributed by atoms with Crippen LogP contribution in [0.15, 0.2) is 42.5 Å². The number of anilines is 1. The molecule has 3 rings (SSSR count). The van der Waals surface area contributed by atoms with Crippen LogP contribution in [0.2, 0.25) is 5.02 Å². The molecule has 2 aromatic carbocycles. The number of amides is 2. The third kappa shape index (κ3) is 3.19. The Morgan fingerprint density at radius 1 is 1.13 bits per heavy atom.